The summed E-state index contributed by atoms with van der Waals surface area (Å²) in [4.78, 5) is 9.53. The number of halogens is 1. The number of aliphatic imine (C=N–C) groups is 1. The van der Waals surface area contributed by atoms with E-state index in [1.165, 1.54) is 25.7 Å². The van der Waals surface area contributed by atoms with Gasteiger partial charge in [0.1, 0.15) is 5.01 Å². The van der Waals surface area contributed by atoms with Gasteiger partial charge in [-0.1, -0.05) is 33.6 Å². The van der Waals surface area contributed by atoms with Crippen molar-refractivity contribution >= 4 is 41.3 Å². The van der Waals surface area contributed by atoms with Crippen molar-refractivity contribution in [2.75, 3.05) is 26.3 Å². The maximum absolute atomic E-state index is 5.63. The topological polar surface area (TPSA) is 58.5 Å². The van der Waals surface area contributed by atoms with Gasteiger partial charge < -0.3 is 15.4 Å². The molecule has 7 heteroatoms. The molecule has 1 aliphatic rings. The summed E-state index contributed by atoms with van der Waals surface area (Å²) in [6.45, 7) is 14.9. The van der Waals surface area contributed by atoms with Crippen LogP contribution in [-0.2, 0) is 16.7 Å². The van der Waals surface area contributed by atoms with Crippen molar-refractivity contribution in [3.8, 4) is 0 Å². The lowest BCUT2D eigenvalue weighted by Gasteiger charge is -2.30. The zero-order valence-electron chi connectivity index (χ0n) is 18.3. The molecule has 0 atom stereocenters. The minimum absolute atomic E-state index is 0. The summed E-state index contributed by atoms with van der Waals surface area (Å²) >= 11 is 1.70. The van der Waals surface area contributed by atoms with Crippen LogP contribution < -0.4 is 10.6 Å². The second kappa shape index (κ2) is 12.3. The average molecular weight is 523 g/mol. The van der Waals surface area contributed by atoms with Crippen molar-refractivity contribution in [1.29, 1.82) is 0 Å². The Morgan fingerprint density at radius 1 is 1.25 bits per heavy atom. The quantitative estimate of drug-likeness (QED) is 0.205. The van der Waals surface area contributed by atoms with E-state index in [-0.39, 0.29) is 29.4 Å². The Bertz CT molecular complexity index is 591. The van der Waals surface area contributed by atoms with Crippen LogP contribution in [-0.4, -0.2) is 37.2 Å². The molecule has 28 heavy (non-hydrogen) atoms. The van der Waals surface area contributed by atoms with E-state index in [1.54, 1.807) is 11.3 Å². The summed E-state index contributed by atoms with van der Waals surface area (Å²) in [7, 11) is 0. The molecule has 1 saturated carbocycles. The van der Waals surface area contributed by atoms with E-state index in [9.17, 15) is 0 Å². The van der Waals surface area contributed by atoms with E-state index in [2.05, 4.69) is 50.6 Å². The van der Waals surface area contributed by atoms with Crippen molar-refractivity contribution < 1.29 is 4.74 Å². The van der Waals surface area contributed by atoms with Gasteiger partial charge in [-0.25, -0.2) is 9.98 Å². The van der Waals surface area contributed by atoms with E-state index in [4.69, 9.17) is 14.7 Å². The first-order valence-corrected chi connectivity index (χ1v) is 11.3. The molecule has 5 nitrogen and oxygen atoms in total. The van der Waals surface area contributed by atoms with E-state index in [0.717, 1.165) is 49.4 Å². The number of aromatic nitrogens is 1. The number of hydrogen-bond donors (Lipinski definition) is 2. The molecule has 0 spiro atoms. The lowest BCUT2D eigenvalue weighted by Crippen LogP contribution is -2.43. The largest absolute Gasteiger partial charge is 0.382 e. The van der Waals surface area contributed by atoms with Gasteiger partial charge in [-0.05, 0) is 38.5 Å². The standard InChI is InChI=1S/C21H38N4OS.HI/c1-6-22-19(23-14-18-25-17(15-27-18)20(3,4)5)24-16-21(10-8-9-11-21)12-13-26-7-2;/h15H,6-14,16H2,1-5H3,(H2,22,23,24);1H. The first-order valence-electron chi connectivity index (χ1n) is 10.4. The maximum Gasteiger partial charge on any atom is 0.191 e. The summed E-state index contributed by atoms with van der Waals surface area (Å²) < 4.78 is 5.63. The first kappa shape index (κ1) is 25.6. The molecule has 2 N–H and O–H groups in total. The van der Waals surface area contributed by atoms with Gasteiger partial charge >= 0.3 is 0 Å². The number of nitrogens with one attached hydrogen (secondary N) is 2. The minimum atomic E-state index is 0. The van der Waals surface area contributed by atoms with Gasteiger partial charge in [0.25, 0.3) is 0 Å². The predicted molar refractivity (Wildman–Crippen MR) is 131 cm³/mol. The van der Waals surface area contributed by atoms with Gasteiger partial charge in [-0.2, -0.15) is 0 Å². The van der Waals surface area contributed by atoms with Crippen LogP contribution in [0.5, 0.6) is 0 Å². The lowest BCUT2D eigenvalue weighted by atomic mass is 9.83. The van der Waals surface area contributed by atoms with Crippen LogP contribution in [0.3, 0.4) is 0 Å². The van der Waals surface area contributed by atoms with Crippen LogP contribution >= 0.6 is 35.3 Å². The molecule has 1 aromatic heterocycles. The summed E-state index contributed by atoms with van der Waals surface area (Å²) in [5.41, 5.74) is 1.60. The van der Waals surface area contributed by atoms with Crippen LogP contribution in [0, 0.1) is 5.41 Å². The summed E-state index contributed by atoms with van der Waals surface area (Å²) in [5, 5.41) is 10.2. The smallest absolute Gasteiger partial charge is 0.191 e. The van der Waals surface area contributed by atoms with E-state index in [1.807, 2.05) is 0 Å². The third-order valence-electron chi connectivity index (χ3n) is 5.31. The predicted octanol–water partition coefficient (Wildman–Crippen LogP) is 5.10. The Morgan fingerprint density at radius 2 is 1.96 bits per heavy atom. The summed E-state index contributed by atoms with van der Waals surface area (Å²) in [6.07, 6.45) is 6.36. The molecule has 1 aliphatic carbocycles. The number of thiazole rings is 1. The van der Waals surface area contributed by atoms with Gasteiger partial charge in [0.05, 0.1) is 12.2 Å². The molecular formula is C21H39IN4OS. The average Bonchev–Trinajstić information content (AvgIpc) is 3.27. The highest BCUT2D eigenvalue weighted by molar-refractivity contribution is 14.0. The van der Waals surface area contributed by atoms with Crippen LogP contribution in [0.25, 0.3) is 0 Å². The second-order valence-corrected chi connectivity index (χ2v) is 9.52. The fourth-order valence-corrected chi connectivity index (χ4v) is 4.50. The van der Waals surface area contributed by atoms with Gasteiger partial charge in [0, 0.05) is 37.1 Å². The highest BCUT2D eigenvalue weighted by atomic mass is 127. The molecule has 0 radical (unpaired) electrons. The Labute approximate surface area is 192 Å². The SMILES string of the molecule is CCNC(=NCc1nc(C(C)(C)C)cs1)NCC1(CCOCC)CCCC1.I. The number of guanidine groups is 1. The van der Waals surface area contributed by atoms with Crippen LogP contribution in [0.1, 0.15) is 77.4 Å². The fraction of sp³-hybridized carbons (Fsp3) is 0.810. The van der Waals surface area contributed by atoms with Crippen molar-refractivity contribution in [2.24, 2.45) is 10.4 Å². The number of hydrogen-bond acceptors (Lipinski definition) is 4. The van der Waals surface area contributed by atoms with E-state index in [0.29, 0.717) is 12.0 Å². The Kier molecular flexibility index (Phi) is 11.3. The van der Waals surface area contributed by atoms with Crippen molar-refractivity contribution in [1.82, 2.24) is 15.6 Å². The first-order chi connectivity index (χ1) is 12.9. The molecule has 0 saturated heterocycles. The molecule has 1 heterocycles. The molecule has 162 valence electrons. The van der Waals surface area contributed by atoms with E-state index < -0.39 is 0 Å². The van der Waals surface area contributed by atoms with Gasteiger partial charge in [-0.3, -0.25) is 0 Å². The normalized spacial score (nSPS) is 16.7. The zero-order valence-corrected chi connectivity index (χ0v) is 21.4. The lowest BCUT2D eigenvalue weighted by molar-refractivity contribution is 0.105. The molecule has 0 bridgehead atoms. The molecule has 1 aromatic rings. The van der Waals surface area contributed by atoms with Crippen molar-refractivity contribution in [3.63, 3.8) is 0 Å². The van der Waals surface area contributed by atoms with Crippen molar-refractivity contribution in [2.45, 2.75) is 78.7 Å². The molecule has 0 amide bonds. The van der Waals surface area contributed by atoms with Crippen molar-refractivity contribution in [3.05, 3.63) is 16.1 Å². The number of nitrogens with zero attached hydrogens (tertiary/aromatic N) is 2. The monoisotopic (exact) mass is 522 g/mol. The third kappa shape index (κ3) is 8.14. The Hall–Kier alpha value is -0.410. The summed E-state index contributed by atoms with van der Waals surface area (Å²) in [5.74, 6) is 0.896. The fourth-order valence-electron chi connectivity index (χ4n) is 3.56. The Morgan fingerprint density at radius 3 is 2.54 bits per heavy atom. The molecule has 1 fully saturated rings. The highest BCUT2D eigenvalue weighted by Gasteiger charge is 2.33. The van der Waals surface area contributed by atoms with Gasteiger partial charge in [-0.15, -0.1) is 35.3 Å². The van der Waals surface area contributed by atoms with E-state index >= 15 is 0 Å². The van der Waals surface area contributed by atoms with Crippen LogP contribution in [0.2, 0.25) is 0 Å². The molecular weight excluding hydrogens is 483 g/mol. The van der Waals surface area contributed by atoms with Crippen LogP contribution in [0.4, 0.5) is 0 Å². The Balaban J connectivity index is 0.00000392. The molecule has 0 aromatic carbocycles. The maximum atomic E-state index is 5.63. The molecule has 2 rings (SSSR count). The number of ether oxygens (including phenoxy) is 1. The van der Waals surface area contributed by atoms with Crippen LogP contribution in [0.15, 0.2) is 10.4 Å². The highest BCUT2D eigenvalue weighted by Crippen LogP contribution is 2.40. The van der Waals surface area contributed by atoms with Gasteiger partial charge in [0.15, 0.2) is 5.96 Å². The second-order valence-electron chi connectivity index (χ2n) is 8.58. The molecule has 0 unspecified atom stereocenters. The third-order valence-corrected chi connectivity index (χ3v) is 6.15. The summed E-state index contributed by atoms with van der Waals surface area (Å²) in [6, 6.07) is 0. The number of rotatable bonds is 9. The van der Waals surface area contributed by atoms with Gasteiger partial charge in [0.2, 0.25) is 0 Å². The minimum Gasteiger partial charge on any atom is -0.382 e. The zero-order chi connectivity index (χ0) is 19.8. The molecule has 0 aliphatic heterocycles.